The monoisotopic (exact) mass is 402 g/mol. The zero-order valence-corrected chi connectivity index (χ0v) is 18.2. The fourth-order valence-electron chi connectivity index (χ4n) is 5.13. The predicted octanol–water partition coefficient (Wildman–Crippen LogP) is 4.91. The van der Waals surface area contributed by atoms with Crippen LogP contribution >= 0.6 is 0 Å². The second-order valence-electron chi connectivity index (χ2n) is 8.92. The maximum atomic E-state index is 5.89. The van der Waals surface area contributed by atoms with E-state index in [1.807, 2.05) is 19.9 Å². The van der Waals surface area contributed by atoms with E-state index in [1.165, 1.54) is 54.3 Å². The highest BCUT2D eigenvalue weighted by molar-refractivity contribution is 5.84. The van der Waals surface area contributed by atoms with Crippen molar-refractivity contribution in [1.82, 2.24) is 5.32 Å². The van der Waals surface area contributed by atoms with Gasteiger partial charge in [0, 0.05) is 18.3 Å². The van der Waals surface area contributed by atoms with Crippen LogP contribution in [0.1, 0.15) is 52.4 Å². The van der Waals surface area contributed by atoms with Gasteiger partial charge in [0.15, 0.2) is 0 Å². The highest BCUT2D eigenvalue weighted by atomic mass is 15.1. The first-order valence-electron chi connectivity index (χ1n) is 11.2. The molecule has 4 aliphatic rings. The van der Waals surface area contributed by atoms with Crippen molar-refractivity contribution in [2.75, 3.05) is 0 Å². The Labute approximate surface area is 180 Å². The van der Waals surface area contributed by atoms with E-state index >= 15 is 0 Å². The number of nitrogens with one attached hydrogen (secondary N) is 1. The van der Waals surface area contributed by atoms with Crippen LogP contribution in [0.5, 0.6) is 0 Å². The quantitative estimate of drug-likeness (QED) is 0.572. The van der Waals surface area contributed by atoms with Crippen LogP contribution in [-0.4, -0.2) is 11.9 Å². The van der Waals surface area contributed by atoms with Crippen molar-refractivity contribution in [3.63, 3.8) is 0 Å². The van der Waals surface area contributed by atoms with Crippen molar-refractivity contribution in [2.24, 2.45) is 28.3 Å². The molecule has 0 aromatic heterocycles. The first-order valence-corrected chi connectivity index (χ1v) is 11.2. The fraction of sp³-hybridized carbons (Fsp3) is 0.423. The number of hydrogen-bond donors (Lipinski definition) is 3. The summed E-state index contributed by atoms with van der Waals surface area (Å²) < 4.78 is 0. The molecule has 4 rings (SSSR count). The Morgan fingerprint density at radius 3 is 2.60 bits per heavy atom. The lowest BCUT2D eigenvalue weighted by Gasteiger charge is -2.30. The molecule has 0 amide bonds. The Balaban J connectivity index is 1.56. The number of allylic oxidation sites excluding steroid dienone is 10. The zero-order chi connectivity index (χ0) is 21.1. The summed E-state index contributed by atoms with van der Waals surface area (Å²) in [7, 11) is 0. The Hall–Kier alpha value is -2.75. The number of nitrogens with two attached hydrogens (primary N) is 2. The third-order valence-corrected chi connectivity index (χ3v) is 6.91. The molecule has 1 fully saturated rings. The van der Waals surface area contributed by atoms with Crippen molar-refractivity contribution >= 4 is 5.84 Å². The number of nitrogens with zero attached hydrogens (tertiary/aromatic N) is 1. The molecule has 1 heterocycles. The van der Waals surface area contributed by atoms with Gasteiger partial charge in [-0.1, -0.05) is 49.3 Å². The van der Waals surface area contributed by atoms with Crippen LogP contribution in [-0.2, 0) is 0 Å². The first-order chi connectivity index (χ1) is 14.5. The van der Waals surface area contributed by atoms with E-state index in [1.54, 1.807) is 0 Å². The molecular weight excluding hydrogens is 368 g/mol. The van der Waals surface area contributed by atoms with Crippen LogP contribution in [0, 0.1) is 11.8 Å². The highest BCUT2D eigenvalue weighted by Crippen LogP contribution is 2.43. The Morgan fingerprint density at radius 1 is 1.10 bits per heavy atom. The summed E-state index contributed by atoms with van der Waals surface area (Å²) in [5, 5.41) is 3.38. The second kappa shape index (κ2) is 8.95. The second-order valence-corrected chi connectivity index (χ2v) is 8.92. The smallest absolute Gasteiger partial charge is 0.0982 e. The van der Waals surface area contributed by atoms with E-state index in [0.29, 0.717) is 11.6 Å². The fourth-order valence-corrected chi connectivity index (χ4v) is 5.13. The number of hydrogen-bond acceptors (Lipinski definition) is 4. The molecule has 0 aromatic rings. The molecule has 2 unspecified atom stereocenters. The molecule has 1 saturated carbocycles. The van der Waals surface area contributed by atoms with Gasteiger partial charge in [0.2, 0.25) is 0 Å². The third kappa shape index (κ3) is 4.38. The summed E-state index contributed by atoms with van der Waals surface area (Å²) in [5.74, 6) is 2.41. The topological polar surface area (TPSA) is 76.4 Å². The van der Waals surface area contributed by atoms with Gasteiger partial charge < -0.3 is 16.8 Å². The molecule has 5 N–H and O–H groups in total. The van der Waals surface area contributed by atoms with Crippen molar-refractivity contribution in [3.8, 4) is 0 Å². The molecule has 30 heavy (non-hydrogen) atoms. The van der Waals surface area contributed by atoms with Crippen molar-refractivity contribution in [2.45, 2.75) is 58.4 Å². The van der Waals surface area contributed by atoms with E-state index in [2.05, 4.69) is 41.8 Å². The molecule has 0 spiro atoms. The van der Waals surface area contributed by atoms with Crippen molar-refractivity contribution in [1.29, 1.82) is 0 Å². The average Bonchev–Trinajstić information content (AvgIpc) is 3.41. The van der Waals surface area contributed by atoms with Crippen LogP contribution in [0.25, 0.3) is 0 Å². The third-order valence-electron chi connectivity index (χ3n) is 6.91. The minimum atomic E-state index is 0.273. The van der Waals surface area contributed by atoms with Gasteiger partial charge in [-0.15, -0.1) is 0 Å². The minimum Gasteiger partial charge on any atom is -0.403 e. The average molecular weight is 403 g/mol. The molecule has 4 nitrogen and oxygen atoms in total. The van der Waals surface area contributed by atoms with Crippen LogP contribution in [0.3, 0.4) is 0 Å². The maximum absolute atomic E-state index is 5.89. The summed E-state index contributed by atoms with van der Waals surface area (Å²) in [6.45, 7) is 4.04. The van der Waals surface area contributed by atoms with E-state index in [0.717, 1.165) is 30.2 Å². The molecule has 0 bridgehead atoms. The molecule has 158 valence electrons. The summed E-state index contributed by atoms with van der Waals surface area (Å²) >= 11 is 0. The van der Waals surface area contributed by atoms with Gasteiger partial charge in [0.1, 0.15) is 0 Å². The molecule has 1 aliphatic heterocycles. The first kappa shape index (κ1) is 20.5. The lowest BCUT2D eigenvalue weighted by molar-refractivity contribution is 0.387. The van der Waals surface area contributed by atoms with Crippen LogP contribution in [0.15, 0.2) is 87.4 Å². The van der Waals surface area contributed by atoms with E-state index in [9.17, 15) is 0 Å². The molecule has 2 atom stereocenters. The van der Waals surface area contributed by atoms with Gasteiger partial charge in [-0.25, -0.2) is 0 Å². The SMILES string of the molecule is CC1=NC2CC(C3=CC=C(/C=C/C=C(C)/C(N)=C/N)C(C4CCCC4)C3)=CC=C2N1. The van der Waals surface area contributed by atoms with Crippen LogP contribution in [0.4, 0.5) is 0 Å². The summed E-state index contributed by atoms with van der Waals surface area (Å²) in [6.07, 6.45) is 24.6. The molecular formula is C26H34N4. The van der Waals surface area contributed by atoms with E-state index in [4.69, 9.17) is 16.5 Å². The Kier molecular flexibility index (Phi) is 6.12. The van der Waals surface area contributed by atoms with Crippen molar-refractivity contribution < 1.29 is 0 Å². The standard InChI is InChI=1S/C26H34N4/c1-17(24(28)16-27)6-5-9-20-10-11-21(14-23(20)19-7-3-4-8-19)22-12-13-25-26(15-22)30-18(2)29-25/h5-6,9-13,16,19,23,26H,3-4,7-8,14-15,27-28H2,1-2H3,(H,29,30)/b9-5+,17-6+,24-16-. The largest absolute Gasteiger partial charge is 0.403 e. The summed E-state index contributed by atoms with van der Waals surface area (Å²) in [6, 6.07) is 0.273. The van der Waals surface area contributed by atoms with Gasteiger partial charge >= 0.3 is 0 Å². The predicted molar refractivity (Wildman–Crippen MR) is 126 cm³/mol. The minimum absolute atomic E-state index is 0.273. The molecule has 0 radical (unpaired) electrons. The van der Waals surface area contributed by atoms with Gasteiger partial charge in [0.05, 0.1) is 17.6 Å². The highest BCUT2D eigenvalue weighted by Gasteiger charge is 2.31. The molecule has 0 aromatic carbocycles. The summed E-state index contributed by atoms with van der Waals surface area (Å²) in [5.41, 5.74) is 18.7. The molecule has 4 heteroatoms. The van der Waals surface area contributed by atoms with Crippen molar-refractivity contribution in [3.05, 3.63) is 82.4 Å². The van der Waals surface area contributed by atoms with Gasteiger partial charge in [-0.3, -0.25) is 4.99 Å². The Bertz CT molecular complexity index is 930. The summed E-state index contributed by atoms with van der Waals surface area (Å²) in [4.78, 5) is 4.76. The number of amidine groups is 1. The van der Waals surface area contributed by atoms with Gasteiger partial charge in [0.25, 0.3) is 0 Å². The zero-order valence-electron chi connectivity index (χ0n) is 18.2. The van der Waals surface area contributed by atoms with Crippen LogP contribution in [0.2, 0.25) is 0 Å². The van der Waals surface area contributed by atoms with Crippen LogP contribution < -0.4 is 16.8 Å². The molecule has 3 aliphatic carbocycles. The lowest BCUT2D eigenvalue weighted by atomic mass is 9.74. The number of rotatable bonds is 5. The Morgan fingerprint density at radius 2 is 1.83 bits per heavy atom. The normalized spacial score (nSPS) is 27.9. The maximum Gasteiger partial charge on any atom is 0.0982 e. The number of fused-ring (bicyclic) bond motifs is 1. The lowest BCUT2D eigenvalue weighted by Crippen LogP contribution is -2.21. The van der Waals surface area contributed by atoms with E-state index in [-0.39, 0.29) is 6.04 Å². The number of aliphatic imine (C=N–C) groups is 1. The van der Waals surface area contributed by atoms with E-state index < -0.39 is 0 Å². The molecule has 0 saturated heterocycles. The van der Waals surface area contributed by atoms with Gasteiger partial charge in [-0.2, -0.15) is 0 Å². The van der Waals surface area contributed by atoms with Gasteiger partial charge in [-0.05, 0) is 73.3 Å².